The number of benzene rings is 2. The average molecular weight is 330 g/mol. The van der Waals surface area contributed by atoms with Crippen LogP contribution in [0.15, 0.2) is 65.5 Å². The molecule has 1 aliphatic heterocycles. The predicted octanol–water partition coefficient (Wildman–Crippen LogP) is 3.94. The van der Waals surface area contributed by atoms with Crippen LogP contribution in [0, 0.1) is 0 Å². The second kappa shape index (κ2) is 5.59. The van der Waals surface area contributed by atoms with Gasteiger partial charge in [0.25, 0.3) is 0 Å². The zero-order valence-electron chi connectivity index (χ0n) is 13.2. The second-order valence-electron chi connectivity index (χ2n) is 6.02. The number of H-pyrrole nitrogens is 1. The van der Waals surface area contributed by atoms with Crippen LogP contribution in [-0.2, 0) is 6.42 Å². The summed E-state index contributed by atoms with van der Waals surface area (Å²) in [6.07, 6.45) is 4.36. The standard InChI is InChI=1S/C19H14N4O2/c1-2-4-17-14(3-1)16(9-12-7-8-24-11-12)15-6-5-13(10-18(15)25-17)19-20-22-23-21-19/h1-8,10-11,16H,9H2,(H,20,21,22,23). The fraction of sp³-hybridized carbons (Fsp3) is 0.105. The fourth-order valence-corrected chi connectivity index (χ4v) is 3.35. The van der Waals surface area contributed by atoms with Gasteiger partial charge in [0.1, 0.15) is 11.5 Å². The predicted molar refractivity (Wildman–Crippen MR) is 90.4 cm³/mol. The van der Waals surface area contributed by atoms with Crippen molar-refractivity contribution in [1.82, 2.24) is 20.6 Å². The number of para-hydroxylation sites is 1. The first kappa shape index (κ1) is 14.0. The van der Waals surface area contributed by atoms with Crippen LogP contribution in [0.5, 0.6) is 11.5 Å². The molecule has 0 radical (unpaired) electrons. The number of nitrogens with zero attached hydrogens (tertiary/aromatic N) is 3. The van der Waals surface area contributed by atoms with Gasteiger partial charge in [-0.3, -0.25) is 0 Å². The van der Waals surface area contributed by atoms with Crippen LogP contribution < -0.4 is 4.74 Å². The zero-order valence-corrected chi connectivity index (χ0v) is 13.2. The summed E-state index contributed by atoms with van der Waals surface area (Å²) in [5.41, 5.74) is 4.36. The van der Waals surface area contributed by atoms with E-state index in [1.807, 2.05) is 36.4 Å². The summed E-state index contributed by atoms with van der Waals surface area (Å²) >= 11 is 0. The molecule has 0 aliphatic carbocycles. The minimum Gasteiger partial charge on any atom is -0.472 e. The monoisotopic (exact) mass is 330 g/mol. The van der Waals surface area contributed by atoms with Crippen molar-refractivity contribution in [2.75, 3.05) is 0 Å². The summed E-state index contributed by atoms with van der Waals surface area (Å²) in [6.45, 7) is 0. The normalized spacial score (nSPS) is 15.3. The number of aromatic nitrogens is 4. The molecule has 1 unspecified atom stereocenters. The van der Waals surface area contributed by atoms with Crippen molar-refractivity contribution in [2.45, 2.75) is 12.3 Å². The first-order chi connectivity index (χ1) is 12.4. The Balaban J connectivity index is 1.62. The topological polar surface area (TPSA) is 76.8 Å². The van der Waals surface area contributed by atoms with Crippen LogP contribution in [0.4, 0.5) is 0 Å². The number of ether oxygens (including phenoxy) is 1. The van der Waals surface area contributed by atoms with E-state index >= 15 is 0 Å². The lowest BCUT2D eigenvalue weighted by Crippen LogP contribution is -2.12. The van der Waals surface area contributed by atoms with Gasteiger partial charge in [0.05, 0.1) is 12.5 Å². The zero-order chi connectivity index (χ0) is 16.6. The number of fused-ring (bicyclic) bond motifs is 2. The quantitative estimate of drug-likeness (QED) is 0.615. The van der Waals surface area contributed by atoms with E-state index in [0.29, 0.717) is 5.82 Å². The molecule has 0 bridgehead atoms. The molecule has 6 heteroatoms. The summed E-state index contributed by atoms with van der Waals surface area (Å²) in [6, 6.07) is 16.2. The molecule has 0 fully saturated rings. The van der Waals surface area contributed by atoms with Gasteiger partial charge in [0.2, 0.25) is 5.82 Å². The number of hydrogen-bond donors (Lipinski definition) is 1. The molecule has 6 nitrogen and oxygen atoms in total. The minimum atomic E-state index is 0.205. The molecule has 0 saturated heterocycles. The molecule has 2 aromatic carbocycles. The van der Waals surface area contributed by atoms with Gasteiger partial charge >= 0.3 is 0 Å². The third kappa shape index (κ3) is 2.39. The molecule has 122 valence electrons. The molecule has 25 heavy (non-hydrogen) atoms. The molecule has 0 spiro atoms. The van der Waals surface area contributed by atoms with Gasteiger partial charge in [-0.15, -0.1) is 10.2 Å². The van der Waals surface area contributed by atoms with Gasteiger partial charge in [-0.25, -0.2) is 0 Å². The van der Waals surface area contributed by atoms with E-state index in [1.165, 1.54) is 5.56 Å². The second-order valence-corrected chi connectivity index (χ2v) is 6.02. The third-order valence-electron chi connectivity index (χ3n) is 4.53. The van der Waals surface area contributed by atoms with Gasteiger partial charge in [-0.1, -0.05) is 30.3 Å². The van der Waals surface area contributed by atoms with Crippen LogP contribution in [0.1, 0.15) is 22.6 Å². The Morgan fingerprint density at radius 2 is 1.92 bits per heavy atom. The highest BCUT2D eigenvalue weighted by Crippen LogP contribution is 2.46. The summed E-state index contributed by atoms with van der Waals surface area (Å²) in [7, 11) is 0. The first-order valence-corrected chi connectivity index (χ1v) is 8.04. The Morgan fingerprint density at radius 1 is 1.00 bits per heavy atom. The highest BCUT2D eigenvalue weighted by Gasteiger charge is 2.28. The highest BCUT2D eigenvalue weighted by atomic mass is 16.5. The molecule has 0 amide bonds. The van der Waals surface area contributed by atoms with E-state index in [2.05, 4.69) is 32.8 Å². The maximum atomic E-state index is 6.16. The number of nitrogens with one attached hydrogen (secondary N) is 1. The van der Waals surface area contributed by atoms with E-state index in [9.17, 15) is 0 Å². The van der Waals surface area contributed by atoms with Crippen molar-refractivity contribution >= 4 is 0 Å². The molecule has 5 rings (SSSR count). The van der Waals surface area contributed by atoms with Gasteiger partial charge < -0.3 is 9.15 Å². The molecule has 1 N–H and O–H groups in total. The Morgan fingerprint density at radius 3 is 2.76 bits per heavy atom. The summed E-state index contributed by atoms with van der Waals surface area (Å²) in [4.78, 5) is 0. The number of aromatic amines is 1. The average Bonchev–Trinajstić information content (AvgIpc) is 3.35. The smallest absolute Gasteiger partial charge is 0.204 e. The Labute approximate surface area is 143 Å². The molecule has 3 heterocycles. The fourth-order valence-electron chi connectivity index (χ4n) is 3.35. The number of rotatable bonds is 3. The summed E-state index contributed by atoms with van der Waals surface area (Å²) < 4.78 is 11.4. The Hall–Kier alpha value is -3.41. The molecule has 2 aromatic heterocycles. The molecular formula is C19H14N4O2. The van der Waals surface area contributed by atoms with Crippen molar-refractivity contribution in [3.63, 3.8) is 0 Å². The van der Waals surface area contributed by atoms with Crippen molar-refractivity contribution in [2.24, 2.45) is 0 Å². The van der Waals surface area contributed by atoms with E-state index in [1.54, 1.807) is 12.5 Å². The van der Waals surface area contributed by atoms with Gasteiger partial charge in [0.15, 0.2) is 0 Å². The Kier molecular flexibility index (Phi) is 3.13. The van der Waals surface area contributed by atoms with Crippen LogP contribution in [-0.4, -0.2) is 20.6 Å². The SMILES string of the molecule is c1ccc2c(c1)Oc1cc(-c3nn[nH]n3)ccc1C2Cc1ccoc1. The molecule has 1 aliphatic rings. The van der Waals surface area contributed by atoms with Gasteiger partial charge in [-0.05, 0) is 35.4 Å². The van der Waals surface area contributed by atoms with Gasteiger partial charge in [-0.2, -0.15) is 5.21 Å². The van der Waals surface area contributed by atoms with Crippen LogP contribution >= 0.6 is 0 Å². The van der Waals surface area contributed by atoms with Crippen LogP contribution in [0.3, 0.4) is 0 Å². The lowest BCUT2D eigenvalue weighted by Gasteiger charge is -2.28. The first-order valence-electron chi connectivity index (χ1n) is 8.04. The maximum absolute atomic E-state index is 6.16. The largest absolute Gasteiger partial charge is 0.472 e. The van der Waals surface area contributed by atoms with Crippen molar-refractivity contribution in [1.29, 1.82) is 0 Å². The minimum absolute atomic E-state index is 0.205. The highest BCUT2D eigenvalue weighted by molar-refractivity contribution is 5.63. The van der Waals surface area contributed by atoms with E-state index in [-0.39, 0.29) is 5.92 Å². The van der Waals surface area contributed by atoms with Crippen molar-refractivity contribution < 1.29 is 9.15 Å². The molecule has 0 saturated carbocycles. The summed E-state index contributed by atoms with van der Waals surface area (Å²) in [5.74, 6) is 2.47. The van der Waals surface area contributed by atoms with Crippen LogP contribution in [0.2, 0.25) is 0 Å². The molecule has 4 aromatic rings. The van der Waals surface area contributed by atoms with Crippen LogP contribution in [0.25, 0.3) is 11.4 Å². The van der Waals surface area contributed by atoms with E-state index < -0.39 is 0 Å². The summed E-state index contributed by atoms with van der Waals surface area (Å²) in [5, 5.41) is 14.2. The lowest BCUT2D eigenvalue weighted by atomic mass is 9.83. The number of tetrazole rings is 1. The number of furan rings is 1. The third-order valence-corrected chi connectivity index (χ3v) is 4.53. The van der Waals surface area contributed by atoms with Crippen molar-refractivity contribution in [3.05, 3.63) is 77.7 Å². The maximum Gasteiger partial charge on any atom is 0.204 e. The number of hydrogen-bond acceptors (Lipinski definition) is 5. The lowest BCUT2D eigenvalue weighted by molar-refractivity contribution is 0.444. The van der Waals surface area contributed by atoms with E-state index in [0.717, 1.165) is 34.6 Å². The molecule has 1 atom stereocenters. The Bertz CT molecular complexity index is 1010. The van der Waals surface area contributed by atoms with Crippen molar-refractivity contribution in [3.8, 4) is 22.9 Å². The van der Waals surface area contributed by atoms with Gasteiger partial charge in [0, 0.05) is 22.6 Å². The molecular weight excluding hydrogens is 316 g/mol. The van der Waals surface area contributed by atoms with E-state index in [4.69, 9.17) is 9.15 Å².